The van der Waals surface area contributed by atoms with E-state index in [1.54, 1.807) is 0 Å². The van der Waals surface area contributed by atoms with Crippen molar-refractivity contribution in [3.05, 3.63) is 23.7 Å². The van der Waals surface area contributed by atoms with E-state index in [1.165, 1.54) is 19.3 Å². The predicted molar refractivity (Wildman–Crippen MR) is 81.9 cm³/mol. The Bertz CT molecular complexity index is 473. The molecule has 1 saturated carbocycles. The number of amides is 1. The molecule has 1 aliphatic carbocycles. The molecule has 1 atom stereocenters. The molecule has 116 valence electrons. The zero-order valence-electron chi connectivity index (χ0n) is 12.9. The highest BCUT2D eigenvalue weighted by Gasteiger charge is 2.33. The summed E-state index contributed by atoms with van der Waals surface area (Å²) in [7, 11) is 0. The number of furan rings is 1. The van der Waals surface area contributed by atoms with Crippen molar-refractivity contribution in [2.45, 2.75) is 70.5 Å². The van der Waals surface area contributed by atoms with Crippen LogP contribution in [0.15, 0.2) is 16.5 Å². The molecular formula is C17H26N2O2. The number of rotatable bonds is 6. The minimum absolute atomic E-state index is 0.291. The van der Waals surface area contributed by atoms with E-state index < -0.39 is 0 Å². The molecule has 1 aliphatic heterocycles. The maximum atomic E-state index is 12.5. The Labute approximate surface area is 126 Å². The van der Waals surface area contributed by atoms with E-state index >= 15 is 0 Å². The van der Waals surface area contributed by atoms with Gasteiger partial charge in [0.1, 0.15) is 11.5 Å². The van der Waals surface area contributed by atoms with E-state index in [0.29, 0.717) is 31.0 Å². The van der Waals surface area contributed by atoms with E-state index in [0.717, 1.165) is 37.3 Å². The monoisotopic (exact) mass is 290 g/mol. The first kappa shape index (κ1) is 14.6. The van der Waals surface area contributed by atoms with Crippen LogP contribution in [0.5, 0.6) is 0 Å². The van der Waals surface area contributed by atoms with Gasteiger partial charge in [-0.25, -0.2) is 0 Å². The van der Waals surface area contributed by atoms with Gasteiger partial charge in [0.05, 0.1) is 6.54 Å². The van der Waals surface area contributed by atoms with E-state index in [2.05, 4.69) is 5.32 Å². The Balaban J connectivity index is 1.52. The summed E-state index contributed by atoms with van der Waals surface area (Å²) in [4.78, 5) is 14.6. The lowest BCUT2D eigenvalue weighted by Crippen LogP contribution is -2.37. The molecule has 2 fully saturated rings. The molecule has 4 heteroatoms. The summed E-state index contributed by atoms with van der Waals surface area (Å²) in [5.74, 6) is 2.11. The third-order valence-corrected chi connectivity index (χ3v) is 4.55. The highest BCUT2D eigenvalue weighted by molar-refractivity contribution is 5.76. The second-order valence-corrected chi connectivity index (χ2v) is 6.45. The standard InChI is InChI=1S/C17H26N2O2/c1-13-5-9-16(21-13)12-19(15-7-8-15)17(20)10-6-14-4-2-3-11-18-14/h5,9,14-15,18H,2-4,6-8,10-12H2,1H3. The zero-order valence-corrected chi connectivity index (χ0v) is 12.9. The summed E-state index contributed by atoms with van der Waals surface area (Å²) in [5.41, 5.74) is 0. The van der Waals surface area contributed by atoms with E-state index in [9.17, 15) is 4.79 Å². The summed E-state index contributed by atoms with van der Waals surface area (Å²) in [6, 6.07) is 4.94. The Morgan fingerprint density at radius 1 is 1.33 bits per heavy atom. The number of hydrogen-bond acceptors (Lipinski definition) is 3. The van der Waals surface area contributed by atoms with Crippen molar-refractivity contribution in [2.24, 2.45) is 0 Å². The van der Waals surface area contributed by atoms with Gasteiger partial charge in [-0.2, -0.15) is 0 Å². The quantitative estimate of drug-likeness (QED) is 0.876. The fourth-order valence-corrected chi connectivity index (χ4v) is 3.16. The average molecular weight is 290 g/mol. The molecule has 1 N–H and O–H groups in total. The van der Waals surface area contributed by atoms with Crippen molar-refractivity contribution in [2.75, 3.05) is 6.54 Å². The second kappa shape index (κ2) is 6.65. The largest absolute Gasteiger partial charge is 0.464 e. The summed E-state index contributed by atoms with van der Waals surface area (Å²) in [6.07, 6.45) is 7.71. The van der Waals surface area contributed by atoms with E-state index in [4.69, 9.17) is 4.42 Å². The van der Waals surface area contributed by atoms with Crippen LogP contribution in [0, 0.1) is 6.92 Å². The zero-order chi connectivity index (χ0) is 14.7. The van der Waals surface area contributed by atoms with E-state index in [-0.39, 0.29) is 0 Å². The fourth-order valence-electron chi connectivity index (χ4n) is 3.16. The van der Waals surface area contributed by atoms with Crippen LogP contribution in [-0.4, -0.2) is 29.4 Å². The first-order valence-electron chi connectivity index (χ1n) is 8.30. The highest BCUT2D eigenvalue weighted by Crippen LogP contribution is 2.29. The van der Waals surface area contributed by atoms with Gasteiger partial charge in [-0.3, -0.25) is 4.79 Å². The van der Waals surface area contributed by atoms with Crippen LogP contribution >= 0.6 is 0 Å². The van der Waals surface area contributed by atoms with Gasteiger partial charge in [-0.05, 0) is 57.7 Å². The van der Waals surface area contributed by atoms with Crippen molar-refractivity contribution in [3.63, 3.8) is 0 Å². The van der Waals surface area contributed by atoms with Gasteiger partial charge in [0, 0.05) is 18.5 Å². The van der Waals surface area contributed by atoms with Gasteiger partial charge in [0.15, 0.2) is 0 Å². The third kappa shape index (κ3) is 4.10. The van der Waals surface area contributed by atoms with Gasteiger partial charge in [-0.1, -0.05) is 6.42 Å². The smallest absolute Gasteiger partial charge is 0.223 e. The Morgan fingerprint density at radius 3 is 2.81 bits per heavy atom. The number of aryl methyl sites for hydroxylation is 1. The number of carbonyl (C=O) groups excluding carboxylic acids is 1. The molecule has 2 aliphatic rings. The van der Waals surface area contributed by atoms with Crippen LogP contribution < -0.4 is 5.32 Å². The minimum atomic E-state index is 0.291. The first-order chi connectivity index (χ1) is 10.2. The van der Waals surface area contributed by atoms with Crippen LogP contribution in [0.25, 0.3) is 0 Å². The summed E-state index contributed by atoms with van der Waals surface area (Å²) < 4.78 is 5.63. The maximum Gasteiger partial charge on any atom is 0.223 e. The molecule has 1 aromatic heterocycles. The minimum Gasteiger partial charge on any atom is -0.464 e. The molecule has 21 heavy (non-hydrogen) atoms. The number of nitrogens with zero attached hydrogens (tertiary/aromatic N) is 1. The number of carbonyl (C=O) groups is 1. The third-order valence-electron chi connectivity index (χ3n) is 4.55. The lowest BCUT2D eigenvalue weighted by Gasteiger charge is -2.25. The van der Waals surface area contributed by atoms with E-state index in [1.807, 2.05) is 24.0 Å². The van der Waals surface area contributed by atoms with Gasteiger partial charge in [-0.15, -0.1) is 0 Å². The van der Waals surface area contributed by atoms with Crippen LogP contribution in [0.3, 0.4) is 0 Å². The van der Waals surface area contributed by atoms with Gasteiger partial charge >= 0.3 is 0 Å². The highest BCUT2D eigenvalue weighted by atomic mass is 16.3. The van der Waals surface area contributed by atoms with Crippen LogP contribution in [0.1, 0.15) is 56.5 Å². The normalized spacial score (nSPS) is 22.2. The Kier molecular flexibility index (Phi) is 4.63. The number of piperidine rings is 1. The molecule has 1 aromatic rings. The lowest BCUT2D eigenvalue weighted by atomic mass is 10.0. The molecule has 1 unspecified atom stereocenters. The lowest BCUT2D eigenvalue weighted by molar-refractivity contribution is -0.133. The van der Waals surface area contributed by atoms with Crippen molar-refractivity contribution in [1.82, 2.24) is 10.2 Å². The topological polar surface area (TPSA) is 45.5 Å². The fraction of sp³-hybridized carbons (Fsp3) is 0.706. The van der Waals surface area contributed by atoms with Gasteiger partial charge < -0.3 is 14.6 Å². The molecule has 1 saturated heterocycles. The SMILES string of the molecule is Cc1ccc(CN(C(=O)CCC2CCCCN2)C2CC2)o1. The summed E-state index contributed by atoms with van der Waals surface area (Å²) >= 11 is 0. The molecule has 1 amide bonds. The molecule has 4 nitrogen and oxygen atoms in total. The van der Waals surface area contributed by atoms with Crippen molar-refractivity contribution in [3.8, 4) is 0 Å². The summed E-state index contributed by atoms with van der Waals surface area (Å²) in [5, 5.41) is 3.52. The average Bonchev–Trinajstić information content (AvgIpc) is 3.26. The van der Waals surface area contributed by atoms with Crippen LogP contribution in [-0.2, 0) is 11.3 Å². The summed E-state index contributed by atoms with van der Waals surface area (Å²) in [6.45, 7) is 3.69. The van der Waals surface area contributed by atoms with Crippen LogP contribution in [0.2, 0.25) is 0 Å². The molecule has 2 heterocycles. The second-order valence-electron chi connectivity index (χ2n) is 6.45. The Morgan fingerprint density at radius 2 is 2.19 bits per heavy atom. The Hall–Kier alpha value is -1.29. The predicted octanol–water partition coefficient (Wildman–Crippen LogP) is 3.00. The van der Waals surface area contributed by atoms with Crippen molar-refractivity contribution >= 4 is 5.91 Å². The van der Waals surface area contributed by atoms with Gasteiger partial charge in [0.25, 0.3) is 0 Å². The molecule has 3 rings (SSSR count). The molecule has 0 aromatic carbocycles. The first-order valence-corrected chi connectivity index (χ1v) is 8.30. The van der Waals surface area contributed by atoms with Crippen LogP contribution in [0.4, 0.5) is 0 Å². The van der Waals surface area contributed by atoms with Crippen molar-refractivity contribution in [1.29, 1.82) is 0 Å². The van der Waals surface area contributed by atoms with Gasteiger partial charge in [0.2, 0.25) is 5.91 Å². The maximum absolute atomic E-state index is 12.5. The molecule has 0 bridgehead atoms. The molecule has 0 spiro atoms. The molecular weight excluding hydrogens is 264 g/mol. The number of nitrogens with one attached hydrogen (secondary N) is 1. The van der Waals surface area contributed by atoms with Crippen molar-refractivity contribution < 1.29 is 9.21 Å². The number of hydrogen-bond donors (Lipinski definition) is 1. The molecule has 0 radical (unpaired) electrons.